The molecule has 0 saturated heterocycles. The summed E-state index contributed by atoms with van der Waals surface area (Å²) in [5, 5.41) is 10.5. The minimum atomic E-state index is -0.838. The lowest BCUT2D eigenvalue weighted by Gasteiger charge is -2.03. The zero-order valence-electron chi connectivity index (χ0n) is 11.0. The first-order valence-corrected chi connectivity index (χ1v) is 7.73. The normalized spacial score (nSPS) is 10.9. The number of hydrogen-bond donors (Lipinski definition) is 2. The number of H-pyrrole nitrogens is 1. The van der Waals surface area contributed by atoms with Crippen LogP contribution in [0.5, 0.6) is 0 Å². The molecule has 0 spiro atoms. The van der Waals surface area contributed by atoms with Crippen LogP contribution in [-0.4, -0.2) is 21.8 Å². The predicted molar refractivity (Wildman–Crippen MR) is 87.1 cm³/mol. The van der Waals surface area contributed by atoms with E-state index in [0.717, 1.165) is 27.1 Å². The molecule has 0 aliphatic carbocycles. The smallest absolute Gasteiger partial charge is 0.313 e. The highest BCUT2D eigenvalue weighted by Crippen LogP contribution is 2.38. The highest BCUT2D eigenvalue weighted by molar-refractivity contribution is 8.00. The molecule has 1 heterocycles. The van der Waals surface area contributed by atoms with Crippen molar-refractivity contribution in [3.8, 4) is 11.3 Å². The van der Waals surface area contributed by atoms with Crippen LogP contribution in [0.25, 0.3) is 22.2 Å². The van der Waals surface area contributed by atoms with Crippen LogP contribution < -0.4 is 0 Å². The maximum atomic E-state index is 10.9. The van der Waals surface area contributed by atoms with Gasteiger partial charge in [0.05, 0.1) is 11.4 Å². The molecule has 0 aliphatic heterocycles. The van der Waals surface area contributed by atoms with Gasteiger partial charge in [0.25, 0.3) is 0 Å². The number of carbonyl (C=O) groups is 1. The molecule has 3 nitrogen and oxygen atoms in total. The van der Waals surface area contributed by atoms with E-state index in [0.29, 0.717) is 5.02 Å². The maximum Gasteiger partial charge on any atom is 0.313 e. The summed E-state index contributed by atoms with van der Waals surface area (Å²) in [6.45, 7) is 0. The van der Waals surface area contributed by atoms with Gasteiger partial charge in [-0.2, -0.15) is 0 Å². The zero-order valence-corrected chi connectivity index (χ0v) is 12.5. The minimum absolute atomic E-state index is 0.0132. The molecular weight excluding hydrogens is 306 g/mol. The lowest BCUT2D eigenvalue weighted by Crippen LogP contribution is -1.97. The van der Waals surface area contributed by atoms with Crippen molar-refractivity contribution in [2.75, 3.05) is 5.75 Å². The van der Waals surface area contributed by atoms with Crippen molar-refractivity contribution >= 4 is 40.2 Å². The second kappa shape index (κ2) is 5.84. The van der Waals surface area contributed by atoms with Gasteiger partial charge < -0.3 is 10.1 Å². The Morgan fingerprint density at radius 3 is 2.67 bits per heavy atom. The van der Waals surface area contributed by atoms with E-state index in [1.807, 2.05) is 48.5 Å². The number of halogens is 1. The largest absolute Gasteiger partial charge is 0.481 e. The molecule has 1 aromatic heterocycles. The van der Waals surface area contributed by atoms with Gasteiger partial charge in [0, 0.05) is 20.8 Å². The van der Waals surface area contributed by atoms with Gasteiger partial charge in [0.1, 0.15) is 0 Å². The number of aliphatic carboxylic acids is 1. The van der Waals surface area contributed by atoms with E-state index in [1.54, 1.807) is 0 Å². The summed E-state index contributed by atoms with van der Waals surface area (Å²) in [5.41, 5.74) is 2.91. The molecule has 21 heavy (non-hydrogen) atoms. The van der Waals surface area contributed by atoms with Crippen molar-refractivity contribution in [1.29, 1.82) is 0 Å². The Kier molecular flexibility index (Phi) is 3.90. The van der Waals surface area contributed by atoms with Crippen molar-refractivity contribution in [3.63, 3.8) is 0 Å². The maximum absolute atomic E-state index is 10.9. The average Bonchev–Trinajstić information content (AvgIpc) is 2.84. The summed E-state index contributed by atoms with van der Waals surface area (Å²) in [7, 11) is 0. The van der Waals surface area contributed by atoms with Gasteiger partial charge in [0.2, 0.25) is 0 Å². The fourth-order valence-corrected chi connectivity index (χ4v) is 3.31. The highest BCUT2D eigenvalue weighted by Gasteiger charge is 2.15. The van der Waals surface area contributed by atoms with Crippen molar-refractivity contribution in [3.05, 3.63) is 53.6 Å². The first-order chi connectivity index (χ1) is 10.1. The van der Waals surface area contributed by atoms with Crippen LogP contribution in [0.15, 0.2) is 53.4 Å². The fraction of sp³-hybridized carbons (Fsp3) is 0.0625. The molecule has 0 amide bonds. The van der Waals surface area contributed by atoms with E-state index in [2.05, 4.69) is 4.98 Å². The second-order valence-corrected chi connectivity index (χ2v) is 5.99. The van der Waals surface area contributed by atoms with Crippen molar-refractivity contribution in [2.45, 2.75) is 4.90 Å². The lowest BCUT2D eigenvalue weighted by atomic mass is 10.1. The van der Waals surface area contributed by atoms with Crippen LogP contribution in [0.1, 0.15) is 0 Å². The Morgan fingerprint density at radius 1 is 1.19 bits per heavy atom. The number of benzene rings is 2. The quantitative estimate of drug-likeness (QED) is 0.688. The molecule has 0 saturated carbocycles. The van der Waals surface area contributed by atoms with Crippen LogP contribution in [0.4, 0.5) is 0 Å². The number of hydrogen-bond acceptors (Lipinski definition) is 2. The molecular formula is C16H12ClNO2S. The highest BCUT2D eigenvalue weighted by atomic mass is 35.5. The number of rotatable bonds is 4. The van der Waals surface area contributed by atoms with E-state index >= 15 is 0 Å². The van der Waals surface area contributed by atoms with Gasteiger partial charge in [-0.3, -0.25) is 4.79 Å². The standard InChI is InChI=1S/C16H12ClNO2S/c17-11-6-7-13-12(8-11)16(21-9-14(19)20)15(18-13)10-4-2-1-3-5-10/h1-8,18H,9H2,(H,19,20). The Balaban J connectivity index is 2.18. The number of fused-ring (bicyclic) bond motifs is 1. The Morgan fingerprint density at radius 2 is 1.95 bits per heavy atom. The van der Waals surface area contributed by atoms with Gasteiger partial charge in [-0.15, -0.1) is 11.8 Å². The molecule has 0 bridgehead atoms. The number of thioether (sulfide) groups is 1. The third-order valence-electron chi connectivity index (χ3n) is 3.12. The van der Waals surface area contributed by atoms with E-state index in [-0.39, 0.29) is 5.75 Å². The molecule has 3 aromatic rings. The van der Waals surface area contributed by atoms with Gasteiger partial charge in [-0.25, -0.2) is 0 Å². The molecule has 0 unspecified atom stereocenters. The minimum Gasteiger partial charge on any atom is -0.481 e. The SMILES string of the molecule is O=C(O)CSc1c(-c2ccccc2)[nH]c2ccc(Cl)cc12. The topological polar surface area (TPSA) is 53.1 Å². The summed E-state index contributed by atoms with van der Waals surface area (Å²) in [6.07, 6.45) is 0. The summed E-state index contributed by atoms with van der Waals surface area (Å²) in [6, 6.07) is 15.5. The van der Waals surface area contributed by atoms with Gasteiger partial charge >= 0.3 is 5.97 Å². The van der Waals surface area contributed by atoms with Gasteiger partial charge in [-0.1, -0.05) is 41.9 Å². The Bertz CT molecular complexity index is 799. The first kappa shape index (κ1) is 14.0. The molecule has 0 atom stereocenters. The van der Waals surface area contributed by atoms with Crippen molar-refractivity contribution in [1.82, 2.24) is 4.98 Å². The molecule has 2 N–H and O–H groups in total. The third kappa shape index (κ3) is 2.91. The fourth-order valence-electron chi connectivity index (χ4n) is 2.23. The number of aromatic amines is 1. The number of aromatic nitrogens is 1. The molecule has 5 heteroatoms. The third-order valence-corrected chi connectivity index (χ3v) is 4.45. The molecule has 2 aromatic carbocycles. The lowest BCUT2D eigenvalue weighted by molar-refractivity contribution is -0.133. The van der Waals surface area contributed by atoms with E-state index < -0.39 is 5.97 Å². The van der Waals surface area contributed by atoms with E-state index in [4.69, 9.17) is 16.7 Å². The molecule has 0 radical (unpaired) electrons. The summed E-state index contributed by atoms with van der Waals surface area (Å²) < 4.78 is 0. The van der Waals surface area contributed by atoms with E-state index in [9.17, 15) is 4.79 Å². The number of carboxylic acid groups (broad SMARTS) is 1. The summed E-state index contributed by atoms with van der Waals surface area (Å²) in [5.74, 6) is -0.824. The van der Waals surface area contributed by atoms with Crippen LogP contribution >= 0.6 is 23.4 Å². The van der Waals surface area contributed by atoms with Crippen LogP contribution in [0, 0.1) is 0 Å². The molecule has 0 fully saturated rings. The van der Waals surface area contributed by atoms with Crippen LogP contribution in [-0.2, 0) is 4.79 Å². The number of carboxylic acids is 1. The summed E-state index contributed by atoms with van der Waals surface area (Å²) >= 11 is 7.37. The van der Waals surface area contributed by atoms with Crippen LogP contribution in [0.2, 0.25) is 5.02 Å². The Labute approximate surface area is 130 Å². The average molecular weight is 318 g/mol. The molecule has 0 aliphatic rings. The van der Waals surface area contributed by atoms with Crippen molar-refractivity contribution < 1.29 is 9.90 Å². The molecule has 3 rings (SSSR count). The predicted octanol–water partition coefficient (Wildman–Crippen LogP) is 4.67. The van der Waals surface area contributed by atoms with Gasteiger partial charge in [-0.05, 0) is 23.8 Å². The molecule has 106 valence electrons. The number of nitrogens with one attached hydrogen (secondary N) is 1. The van der Waals surface area contributed by atoms with Gasteiger partial charge in [0.15, 0.2) is 0 Å². The van der Waals surface area contributed by atoms with Crippen molar-refractivity contribution in [2.24, 2.45) is 0 Å². The second-order valence-electron chi connectivity index (χ2n) is 4.57. The Hall–Kier alpha value is -1.91. The summed E-state index contributed by atoms with van der Waals surface area (Å²) in [4.78, 5) is 15.2. The van der Waals surface area contributed by atoms with E-state index in [1.165, 1.54) is 11.8 Å². The van der Waals surface area contributed by atoms with Crippen LogP contribution in [0.3, 0.4) is 0 Å². The zero-order chi connectivity index (χ0) is 14.8. The monoisotopic (exact) mass is 317 g/mol. The first-order valence-electron chi connectivity index (χ1n) is 6.36.